The molecular formula is C20H19NO4. The van der Waals surface area contributed by atoms with Crippen molar-refractivity contribution in [3.8, 4) is 5.75 Å². The fraction of sp³-hybridized carbons (Fsp3) is 0.200. The van der Waals surface area contributed by atoms with E-state index in [1.807, 2.05) is 50.2 Å². The lowest BCUT2D eigenvalue weighted by Gasteiger charge is -2.14. The molecule has 5 nitrogen and oxygen atoms in total. The summed E-state index contributed by atoms with van der Waals surface area (Å²) < 4.78 is 10.7. The van der Waals surface area contributed by atoms with Gasteiger partial charge in [-0.2, -0.15) is 0 Å². The smallest absolute Gasteiger partial charge is 0.336 e. The van der Waals surface area contributed by atoms with Crippen molar-refractivity contribution >= 4 is 16.9 Å². The van der Waals surface area contributed by atoms with E-state index in [0.29, 0.717) is 11.3 Å². The Balaban J connectivity index is 1.64. The summed E-state index contributed by atoms with van der Waals surface area (Å²) in [6, 6.07) is 16.2. The van der Waals surface area contributed by atoms with Crippen LogP contribution in [0.4, 0.5) is 0 Å². The Morgan fingerprint density at radius 1 is 1.16 bits per heavy atom. The molecule has 1 N–H and O–H groups in total. The van der Waals surface area contributed by atoms with Crippen molar-refractivity contribution in [3.05, 3.63) is 76.1 Å². The molecule has 0 saturated heterocycles. The Kier molecular flexibility index (Phi) is 4.84. The maximum Gasteiger partial charge on any atom is 0.336 e. The molecule has 0 fully saturated rings. The number of hydrogen-bond acceptors (Lipinski definition) is 4. The highest BCUT2D eigenvalue weighted by atomic mass is 16.5. The van der Waals surface area contributed by atoms with Crippen molar-refractivity contribution < 1.29 is 13.9 Å². The summed E-state index contributed by atoms with van der Waals surface area (Å²) in [7, 11) is 0. The Bertz CT molecular complexity index is 947. The molecule has 1 atom stereocenters. The van der Waals surface area contributed by atoms with E-state index in [4.69, 9.17) is 9.15 Å². The number of benzene rings is 2. The summed E-state index contributed by atoms with van der Waals surface area (Å²) in [5.74, 6) is 0.255. The van der Waals surface area contributed by atoms with Gasteiger partial charge in [-0.05, 0) is 37.1 Å². The highest BCUT2D eigenvalue weighted by Crippen LogP contribution is 2.22. The normalized spacial score (nSPS) is 11.9. The van der Waals surface area contributed by atoms with E-state index in [-0.39, 0.29) is 18.6 Å². The van der Waals surface area contributed by atoms with Crippen LogP contribution in [0, 0.1) is 6.92 Å². The topological polar surface area (TPSA) is 68.5 Å². The van der Waals surface area contributed by atoms with Crippen LogP contribution < -0.4 is 15.7 Å². The van der Waals surface area contributed by atoms with Crippen molar-refractivity contribution in [1.82, 2.24) is 5.32 Å². The number of aryl methyl sites for hydroxylation is 1. The number of nitrogens with one attached hydrogen (secondary N) is 1. The Hall–Kier alpha value is -3.08. The van der Waals surface area contributed by atoms with Gasteiger partial charge in [-0.3, -0.25) is 4.79 Å². The lowest BCUT2D eigenvalue weighted by molar-refractivity contribution is -0.123. The van der Waals surface area contributed by atoms with E-state index >= 15 is 0 Å². The Labute approximate surface area is 145 Å². The van der Waals surface area contributed by atoms with E-state index in [9.17, 15) is 9.59 Å². The monoisotopic (exact) mass is 337 g/mol. The fourth-order valence-corrected chi connectivity index (χ4v) is 2.65. The summed E-state index contributed by atoms with van der Waals surface area (Å²) in [6.45, 7) is 3.65. The summed E-state index contributed by atoms with van der Waals surface area (Å²) >= 11 is 0. The Morgan fingerprint density at radius 3 is 2.68 bits per heavy atom. The van der Waals surface area contributed by atoms with E-state index in [0.717, 1.165) is 16.5 Å². The van der Waals surface area contributed by atoms with Crippen LogP contribution in [-0.2, 0) is 4.79 Å². The van der Waals surface area contributed by atoms with Crippen LogP contribution in [0.5, 0.6) is 5.75 Å². The second-order valence-electron chi connectivity index (χ2n) is 5.89. The van der Waals surface area contributed by atoms with Crippen LogP contribution in [0.3, 0.4) is 0 Å². The van der Waals surface area contributed by atoms with Crippen LogP contribution in [0.2, 0.25) is 0 Å². The molecule has 1 heterocycles. The third-order valence-electron chi connectivity index (χ3n) is 3.97. The van der Waals surface area contributed by atoms with Crippen molar-refractivity contribution in [2.75, 3.05) is 6.61 Å². The quantitative estimate of drug-likeness (QED) is 0.725. The average Bonchev–Trinajstić information content (AvgIpc) is 2.60. The molecule has 0 radical (unpaired) electrons. The van der Waals surface area contributed by atoms with Crippen LogP contribution in [0.1, 0.15) is 24.1 Å². The predicted molar refractivity (Wildman–Crippen MR) is 95.7 cm³/mol. The number of amides is 1. The molecule has 0 aliphatic carbocycles. The molecule has 0 saturated carbocycles. The van der Waals surface area contributed by atoms with Gasteiger partial charge in [0.1, 0.15) is 11.3 Å². The van der Waals surface area contributed by atoms with Gasteiger partial charge in [0.05, 0.1) is 6.04 Å². The second-order valence-corrected chi connectivity index (χ2v) is 5.89. The summed E-state index contributed by atoms with van der Waals surface area (Å²) in [5.41, 5.74) is 1.91. The summed E-state index contributed by atoms with van der Waals surface area (Å²) in [4.78, 5) is 23.5. The molecular weight excluding hydrogens is 318 g/mol. The molecule has 128 valence electrons. The second kappa shape index (κ2) is 7.21. The van der Waals surface area contributed by atoms with Crippen molar-refractivity contribution in [2.45, 2.75) is 19.9 Å². The number of ether oxygens (including phenoxy) is 1. The fourth-order valence-electron chi connectivity index (χ4n) is 2.65. The number of carbonyl (C=O) groups is 1. The van der Waals surface area contributed by atoms with Gasteiger partial charge < -0.3 is 14.5 Å². The lowest BCUT2D eigenvalue weighted by atomic mass is 10.1. The number of carbonyl (C=O) groups excluding carboxylic acids is 1. The van der Waals surface area contributed by atoms with Gasteiger partial charge in [0.2, 0.25) is 0 Å². The first-order chi connectivity index (χ1) is 12.0. The standard InChI is InChI=1S/C20H19NO4/c1-13-10-20(23)25-18-11-16(8-9-17(13)18)24-12-19(22)21-14(2)15-6-4-3-5-7-15/h3-11,14H,12H2,1-2H3,(H,21,22). The average molecular weight is 337 g/mol. The maximum absolute atomic E-state index is 12.1. The van der Waals surface area contributed by atoms with Gasteiger partial charge in [0, 0.05) is 17.5 Å². The largest absolute Gasteiger partial charge is 0.484 e. The predicted octanol–water partition coefficient (Wildman–Crippen LogP) is 3.36. The minimum Gasteiger partial charge on any atom is -0.484 e. The number of hydrogen-bond donors (Lipinski definition) is 1. The minimum atomic E-state index is -0.406. The van der Waals surface area contributed by atoms with Gasteiger partial charge in [0.25, 0.3) is 5.91 Å². The highest BCUT2D eigenvalue weighted by Gasteiger charge is 2.10. The zero-order valence-electron chi connectivity index (χ0n) is 14.1. The summed E-state index contributed by atoms with van der Waals surface area (Å²) in [5, 5.41) is 3.73. The Morgan fingerprint density at radius 2 is 1.92 bits per heavy atom. The zero-order chi connectivity index (χ0) is 17.8. The van der Waals surface area contributed by atoms with Crippen molar-refractivity contribution in [2.24, 2.45) is 0 Å². The van der Waals surface area contributed by atoms with Gasteiger partial charge in [-0.15, -0.1) is 0 Å². The first kappa shape index (κ1) is 16.8. The molecule has 2 aromatic carbocycles. The van der Waals surface area contributed by atoms with Crippen molar-refractivity contribution in [1.29, 1.82) is 0 Å². The molecule has 0 bridgehead atoms. The third kappa shape index (κ3) is 4.07. The molecule has 25 heavy (non-hydrogen) atoms. The SMILES string of the molecule is Cc1cc(=O)oc2cc(OCC(=O)NC(C)c3ccccc3)ccc12. The van der Waals surface area contributed by atoms with Crippen LogP contribution in [-0.4, -0.2) is 12.5 Å². The minimum absolute atomic E-state index is 0.102. The van der Waals surface area contributed by atoms with E-state index < -0.39 is 5.63 Å². The molecule has 0 spiro atoms. The number of fused-ring (bicyclic) bond motifs is 1. The van der Waals surface area contributed by atoms with Gasteiger partial charge >= 0.3 is 5.63 Å². The van der Waals surface area contributed by atoms with Crippen molar-refractivity contribution in [3.63, 3.8) is 0 Å². The number of rotatable bonds is 5. The lowest BCUT2D eigenvalue weighted by Crippen LogP contribution is -2.31. The van der Waals surface area contributed by atoms with Gasteiger partial charge in [-0.25, -0.2) is 4.79 Å². The molecule has 3 aromatic rings. The molecule has 1 aromatic heterocycles. The van der Waals surface area contributed by atoms with E-state index in [2.05, 4.69) is 5.32 Å². The highest BCUT2D eigenvalue weighted by molar-refractivity contribution is 5.81. The van der Waals surface area contributed by atoms with E-state index in [1.54, 1.807) is 12.1 Å². The van der Waals surface area contributed by atoms with Crippen LogP contribution in [0.25, 0.3) is 11.0 Å². The molecule has 0 aliphatic rings. The maximum atomic E-state index is 12.1. The van der Waals surface area contributed by atoms with Crippen LogP contribution >= 0.6 is 0 Å². The summed E-state index contributed by atoms with van der Waals surface area (Å²) in [6.07, 6.45) is 0. The molecule has 3 rings (SSSR count). The molecule has 1 unspecified atom stereocenters. The first-order valence-electron chi connectivity index (χ1n) is 8.04. The zero-order valence-corrected chi connectivity index (χ0v) is 14.1. The van der Waals surface area contributed by atoms with Gasteiger partial charge in [-0.1, -0.05) is 30.3 Å². The molecule has 0 aliphatic heterocycles. The van der Waals surface area contributed by atoms with Gasteiger partial charge in [0.15, 0.2) is 6.61 Å². The van der Waals surface area contributed by atoms with Crippen LogP contribution in [0.15, 0.2) is 63.8 Å². The molecule has 1 amide bonds. The third-order valence-corrected chi connectivity index (χ3v) is 3.97. The van der Waals surface area contributed by atoms with E-state index in [1.165, 1.54) is 6.07 Å². The first-order valence-corrected chi connectivity index (χ1v) is 8.04. The molecule has 5 heteroatoms.